The smallest absolute Gasteiger partial charge is 0.260 e. The van der Waals surface area contributed by atoms with Gasteiger partial charge in [-0.15, -0.1) is 0 Å². The van der Waals surface area contributed by atoms with E-state index in [0.717, 1.165) is 11.0 Å². The topological polar surface area (TPSA) is 87.0 Å². The third-order valence-corrected chi connectivity index (χ3v) is 3.97. The monoisotopic (exact) mass is 368 g/mol. The third-order valence-electron chi connectivity index (χ3n) is 3.97. The number of carbonyl (C=O) groups is 1. The van der Waals surface area contributed by atoms with Crippen molar-refractivity contribution in [3.05, 3.63) is 48.3 Å². The van der Waals surface area contributed by atoms with Crippen molar-refractivity contribution in [3.8, 4) is 17.2 Å². The molecule has 3 rings (SSSR count). The van der Waals surface area contributed by atoms with Gasteiger partial charge in [0.1, 0.15) is 12.3 Å². The molecular weight excluding hydrogens is 348 g/mol. The molecular formula is C19H20N4O4. The molecule has 0 aliphatic carbocycles. The number of rotatable bonds is 7. The Bertz CT molecular complexity index is 981. The fourth-order valence-corrected chi connectivity index (χ4v) is 2.65. The summed E-state index contributed by atoms with van der Waals surface area (Å²) >= 11 is 0. The van der Waals surface area contributed by atoms with Gasteiger partial charge in [0.15, 0.2) is 11.5 Å². The maximum atomic E-state index is 12.2. The summed E-state index contributed by atoms with van der Waals surface area (Å²) in [5.41, 5.74) is 4.87. The highest BCUT2D eigenvalue weighted by Crippen LogP contribution is 2.33. The zero-order valence-corrected chi connectivity index (χ0v) is 15.3. The maximum absolute atomic E-state index is 12.2. The summed E-state index contributed by atoms with van der Waals surface area (Å²) in [6, 6.07) is 11.0. The Balaban J connectivity index is 1.70. The van der Waals surface area contributed by atoms with Gasteiger partial charge in [-0.25, -0.2) is 10.4 Å². The number of methoxy groups -OCH3 is 3. The number of para-hydroxylation sites is 2. The van der Waals surface area contributed by atoms with Crippen LogP contribution in [0.5, 0.6) is 17.2 Å². The minimum absolute atomic E-state index is 0.112. The molecule has 3 aromatic rings. The van der Waals surface area contributed by atoms with Crippen LogP contribution in [0.2, 0.25) is 0 Å². The fourth-order valence-electron chi connectivity index (χ4n) is 2.65. The summed E-state index contributed by atoms with van der Waals surface area (Å²) in [6.45, 7) is 0.112. The van der Waals surface area contributed by atoms with Crippen LogP contribution >= 0.6 is 0 Å². The van der Waals surface area contributed by atoms with E-state index in [2.05, 4.69) is 15.5 Å². The van der Waals surface area contributed by atoms with Gasteiger partial charge in [-0.05, 0) is 18.2 Å². The lowest BCUT2D eigenvalue weighted by molar-refractivity contribution is -0.121. The van der Waals surface area contributed by atoms with E-state index in [1.807, 2.05) is 24.3 Å². The van der Waals surface area contributed by atoms with Crippen molar-refractivity contribution in [1.29, 1.82) is 0 Å². The van der Waals surface area contributed by atoms with Crippen molar-refractivity contribution >= 4 is 23.2 Å². The molecule has 1 amide bonds. The van der Waals surface area contributed by atoms with Crippen LogP contribution in [0.25, 0.3) is 11.0 Å². The van der Waals surface area contributed by atoms with Crippen LogP contribution in [0.4, 0.5) is 0 Å². The average molecular weight is 368 g/mol. The number of carbonyl (C=O) groups excluding carboxylic acids is 1. The number of benzene rings is 2. The summed E-state index contributed by atoms with van der Waals surface area (Å²) in [4.78, 5) is 16.4. The lowest BCUT2D eigenvalue weighted by atomic mass is 10.2. The van der Waals surface area contributed by atoms with Crippen molar-refractivity contribution in [1.82, 2.24) is 15.0 Å². The third kappa shape index (κ3) is 4.00. The number of hydrogen-bond donors (Lipinski definition) is 1. The number of hydrazone groups is 1. The van der Waals surface area contributed by atoms with E-state index in [1.165, 1.54) is 6.21 Å². The second-order valence-electron chi connectivity index (χ2n) is 5.60. The van der Waals surface area contributed by atoms with Crippen molar-refractivity contribution in [2.75, 3.05) is 21.3 Å². The molecule has 0 fully saturated rings. The largest absolute Gasteiger partial charge is 0.496 e. The Morgan fingerprint density at radius 3 is 2.56 bits per heavy atom. The molecule has 0 unspecified atom stereocenters. The van der Waals surface area contributed by atoms with Gasteiger partial charge in [0.25, 0.3) is 5.91 Å². The van der Waals surface area contributed by atoms with Crippen LogP contribution in [0.3, 0.4) is 0 Å². The molecule has 0 spiro atoms. The average Bonchev–Trinajstić information content (AvgIpc) is 3.10. The Morgan fingerprint density at radius 1 is 1.11 bits per heavy atom. The van der Waals surface area contributed by atoms with E-state index in [4.69, 9.17) is 14.2 Å². The van der Waals surface area contributed by atoms with E-state index < -0.39 is 0 Å². The van der Waals surface area contributed by atoms with Gasteiger partial charge in [-0.2, -0.15) is 5.10 Å². The van der Waals surface area contributed by atoms with Gasteiger partial charge in [0, 0.05) is 11.6 Å². The van der Waals surface area contributed by atoms with Gasteiger partial charge in [0.2, 0.25) is 0 Å². The molecule has 0 atom stereocenters. The van der Waals surface area contributed by atoms with Gasteiger partial charge < -0.3 is 18.8 Å². The lowest BCUT2D eigenvalue weighted by Crippen LogP contribution is -2.22. The highest BCUT2D eigenvalue weighted by molar-refractivity contribution is 5.87. The Kier molecular flexibility index (Phi) is 5.55. The number of hydrogen-bond acceptors (Lipinski definition) is 6. The van der Waals surface area contributed by atoms with E-state index in [0.29, 0.717) is 22.8 Å². The molecule has 8 nitrogen and oxygen atoms in total. The molecule has 1 heterocycles. The van der Waals surface area contributed by atoms with Crippen molar-refractivity contribution < 1.29 is 19.0 Å². The number of imidazole rings is 1. The first-order chi connectivity index (χ1) is 13.2. The minimum Gasteiger partial charge on any atom is -0.496 e. The number of ether oxygens (including phenoxy) is 3. The first kappa shape index (κ1) is 18.2. The van der Waals surface area contributed by atoms with Crippen LogP contribution in [0.1, 0.15) is 5.56 Å². The number of nitrogens with zero attached hydrogens (tertiary/aromatic N) is 3. The lowest BCUT2D eigenvalue weighted by Gasteiger charge is -2.11. The summed E-state index contributed by atoms with van der Waals surface area (Å²) in [7, 11) is 4.63. The van der Waals surface area contributed by atoms with Gasteiger partial charge >= 0.3 is 0 Å². The first-order valence-corrected chi connectivity index (χ1v) is 8.18. The summed E-state index contributed by atoms with van der Waals surface area (Å²) in [5, 5.41) is 4.01. The highest BCUT2D eigenvalue weighted by atomic mass is 16.5. The zero-order valence-electron chi connectivity index (χ0n) is 15.3. The Morgan fingerprint density at radius 2 is 1.81 bits per heavy atom. The standard InChI is InChI=1S/C19H20N4O4/c1-25-16-9-18(27-3)17(26-2)8-13(16)10-21-22-19(24)11-23-12-20-14-6-4-5-7-15(14)23/h4-10,12H,11H2,1-3H3,(H,22,24)/b21-10+. The van der Waals surface area contributed by atoms with Gasteiger partial charge in [0.05, 0.1) is 44.9 Å². The number of aromatic nitrogens is 2. The molecule has 140 valence electrons. The minimum atomic E-state index is -0.270. The summed E-state index contributed by atoms with van der Waals surface area (Å²) in [6.07, 6.45) is 3.12. The second-order valence-corrected chi connectivity index (χ2v) is 5.60. The molecule has 8 heteroatoms. The predicted molar refractivity (Wildman–Crippen MR) is 102 cm³/mol. The molecule has 0 bridgehead atoms. The van der Waals surface area contributed by atoms with E-state index >= 15 is 0 Å². The van der Waals surface area contributed by atoms with Crippen LogP contribution in [-0.2, 0) is 11.3 Å². The number of amides is 1. The maximum Gasteiger partial charge on any atom is 0.260 e. The Hall–Kier alpha value is -3.55. The summed E-state index contributed by atoms with van der Waals surface area (Å²) < 4.78 is 17.6. The first-order valence-electron chi connectivity index (χ1n) is 8.18. The number of fused-ring (bicyclic) bond motifs is 1. The second kappa shape index (κ2) is 8.22. The molecule has 0 saturated carbocycles. The molecule has 0 aliphatic rings. The van der Waals surface area contributed by atoms with Crippen LogP contribution in [0, 0.1) is 0 Å². The molecule has 1 N–H and O–H groups in total. The molecule has 1 aromatic heterocycles. The molecule has 27 heavy (non-hydrogen) atoms. The number of nitrogens with one attached hydrogen (secondary N) is 1. The van der Waals surface area contributed by atoms with E-state index in [1.54, 1.807) is 44.4 Å². The molecule has 0 aliphatic heterocycles. The van der Waals surface area contributed by atoms with Crippen molar-refractivity contribution in [2.24, 2.45) is 5.10 Å². The van der Waals surface area contributed by atoms with Crippen molar-refractivity contribution in [2.45, 2.75) is 6.54 Å². The zero-order chi connectivity index (χ0) is 19.2. The van der Waals surface area contributed by atoms with E-state index in [-0.39, 0.29) is 12.5 Å². The molecule has 0 radical (unpaired) electrons. The molecule has 0 saturated heterocycles. The Labute approximate surface area is 156 Å². The van der Waals surface area contributed by atoms with Crippen LogP contribution in [0.15, 0.2) is 47.8 Å². The van der Waals surface area contributed by atoms with Crippen LogP contribution < -0.4 is 19.6 Å². The SMILES string of the molecule is COc1cc(OC)c(OC)cc1/C=N/NC(=O)Cn1cnc2ccccc21. The highest BCUT2D eigenvalue weighted by Gasteiger charge is 2.11. The predicted octanol–water partition coefficient (Wildman–Crippen LogP) is 2.21. The van der Waals surface area contributed by atoms with Crippen molar-refractivity contribution in [3.63, 3.8) is 0 Å². The van der Waals surface area contributed by atoms with E-state index in [9.17, 15) is 4.79 Å². The normalized spacial score (nSPS) is 10.9. The van der Waals surface area contributed by atoms with Gasteiger partial charge in [-0.1, -0.05) is 12.1 Å². The molecule has 2 aromatic carbocycles. The fraction of sp³-hybridized carbons (Fsp3) is 0.211. The van der Waals surface area contributed by atoms with Crippen LogP contribution in [-0.4, -0.2) is 43.0 Å². The van der Waals surface area contributed by atoms with Gasteiger partial charge in [-0.3, -0.25) is 4.79 Å². The summed E-state index contributed by atoms with van der Waals surface area (Å²) in [5.74, 6) is 1.36. The quantitative estimate of drug-likeness (QED) is 0.510.